The van der Waals surface area contributed by atoms with E-state index in [1.165, 1.54) is 0 Å². The highest BCUT2D eigenvalue weighted by Crippen LogP contribution is 2.20. The molecule has 2 atom stereocenters. The summed E-state index contributed by atoms with van der Waals surface area (Å²) in [5, 5.41) is 20.2. The van der Waals surface area contributed by atoms with E-state index in [9.17, 15) is 9.90 Å². The molecule has 2 saturated heterocycles. The summed E-state index contributed by atoms with van der Waals surface area (Å²) in [6, 6.07) is 6.90. The predicted molar refractivity (Wildman–Crippen MR) is 90.1 cm³/mol. The van der Waals surface area contributed by atoms with E-state index in [1.807, 2.05) is 11.0 Å². The Balaban J connectivity index is 1.54. The van der Waals surface area contributed by atoms with E-state index in [4.69, 9.17) is 15.9 Å². The van der Waals surface area contributed by atoms with Crippen LogP contribution in [-0.2, 0) is 4.79 Å². The lowest BCUT2D eigenvalue weighted by atomic mass is 10.1. The van der Waals surface area contributed by atoms with Crippen LogP contribution in [0, 0.1) is 5.41 Å². The number of amidine groups is 1. The Hall–Kier alpha value is -2.12. The van der Waals surface area contributed by atoms with Gasteiger partial charge < -0.3 is 25.8 Å². The number of aliphatic hydroxyl groups is 1. The second kappa shape index (κ2) is 7.19. The molecule has 0 radical (unpaired) electrons. The fourth-order valence-corrected chi connectivity index (χ4v) is 3.22. The number of amides is 1. The molecule has 5 N–H and O–H groups in total. The van der Waals surface area contributed by atoms with Crippen molar-refractivity contribution in [3.63, 3.8) is 0 Å². The summed E-state index contributed by atoms with van der Waals surface area (Å²) < 4.78 is 5.93. The largest absolute Gasteiger partial charge is 0.489 e. The molecule has 2 unspecified atom stereocenters. The number of piperidine rings is 1. The van der Waals surface area contributed by atoms with Gasteiger partial charge in [0.05, 0.1) is 12.1 Å². The van der Waals surface area contributed by atoms with Crippen molar-refractivity contribution in [3.05, 3.63) is 29.8 Å². The SMILES string of the molecule is N=C(N)c1cccc(OC2CNC(C(=O)N3CCC(O)CC3)C2)c1. The molecule has 2 heterocycles. The zero-order valence-corrected chi connectivity index (χ0v) is 13.6. The molecule has 2 aliphatic rings. The van der Waals surface area contributed by atoms with E-state index in [0.717, 1.165) is 0 Å². The second-order valence-electron chi connectivity index (χ2n) is 6.43. The molecule has 1 aromatic rings. The minimum absolute atomic E-state index is 0.00494. The summed E-state index contributed by atoms with van der Waals surface area (Å²) in [6.07, 6.45) is 1.54. The number of carbonyl (C=O) groups is 1. The van der Waals surface area contributed by atoms with Crippen molar-refractivity contribution in [1.82, 2.24) is 10.2 Å². The number of hydrogen-bond acceptors (Lipinski definition) is 5. The highest BCUT2D eigenvalue weighted by Gasteiger charge is 2.34. The maximum absolute atomic E-state index is 12.5. The molecular weight excluding hydrogens is 308 g/mol. The summed E-state index contributed by atoms with van der Waals surface area (Å²) in [5.41, 5.74) is 6.12. The average molecular weight is 332 g/mol. The van der Waals surface area contributed by atoms with Crippen LogP contribution >= 0.6 is 0 Å². The highest BCUT2D eigenvalue weighted by atomic mass is 16.5. The third-order valence-corrected chi connectivity index (χ3v) is 4.61. The third kappa shape index (κ3) is 3.85. The van der Waals surface area contributed by atoms with Gasteiger partial charge in [0.15, 0.2) is 0 Å². The van der Waals surface area contributed by atoms with E-state index >= 15 is 0 Å². The number of rotatable bonds is 4. The Morgan fingerprint density at radius 3 is 2.83 bits per heavy atom. The van der Waals surface area contributed by atoms with Crippen LogP contribution in [0.5, 0.6) is 5.75 Å². The van der Waals surface area contributed by atoms with Gasteiger partial charge in [-0.25, -0.2) is 0 Å². The summed E-state index contributed by atoms with van der Waals surface area (Å²) in [6.45, 7) is 1.84. The molecule has 0 aromatic heterocycles. The minimum atomic E-state index is -0.282. The first kappa shape index (κ1) is 16.7. The Morgan fingerprint density at radius 2 is 2.12 bits per heavy atom. The molecule has 1 aromatic carbocycles. The zero-order valence-electron chi connectivity index (χ0n) is 13.6. The summed E-state index contributed by atoms with van der Waals surface area (Å²) in [4.78, 5) is 14.4. The van der Waals surface area contributed by atoms with Gasteiger partial charge in [-0.3, -0.25) is 10.2 Å². The van der Waals surface area contributed by atoms with Crippen molar-refractivity contribution in [2.75, 3.05) is 19.6 Å². The number of nitrogens with zero attached hydrogens (tertiary/aromatic N) is 1. The molecule has 130 valence electrons. The number of likely N-dealkylation sites (tertiary alicyclic amines) is 1. The maximum Gasteiger partial charge on any atom is 0.239 e. The van der Waals surface area contributed by atoms with E-state index in [0.29, 0.717) is 50.2 Å². The third-order valence-electron chi connectivity index (χ3n) is 4.61. The molecule has 2 aliphatic heterocycles. The summed E-state index contributed by atoms with van der Waals surface area (Å²) >= 11 is 0. The Labute approximate surface area is 141 Å². The van der Waals surface area contributed by atoms with Crippen LogP contribution in [0.3, 0.4) is 0 Å². The normalized spacial score (nSPS) is 24.8. The highest BCUT2D eigenvalue weighted by molar-refractivity contribution is 5.95. The van der Waals surface area contributed by atoms with E-state index < -0.39 is 0 Å². The Bertz CT molecular complexity index is 614. The van der Waals surface area contributed by atoms with Gasteiger partial charge in [0.25, 0.3) is 0 Å². The van der Waals surface area contributed by atoms with Crippen molar-refractivity contribution >= 4 is 11.7 Å². The van der Waals surface area contributed by atoms with Crippen LogP contribution in [0.4, 0.5) is 0 Å². The fraction of sp³-hybridized carbons (Fsp3) is 0.529. The number of nitrogens with two attached hydrogens (primary N) is 1. The molecule has 0 bridgehead atoms. The number of nitrogen functional groups attached to an aromatic ring is 1. The van der Waals surface area contributed by atoms with Crippen LogP contribution in [0.25, 0.3) is 0 Å². The fourth-order valence-electron chi connectivity index (χ4n) is 3.22. The monoisotopic (exact) mass is 332 g/mol. The number of nitrogens with one attached hydrogen (secondary N) is 2. The van der Waals surface area contributed by atoms with E-state index in [2.05, 4.69) is 5.32 Å². The van der Waals surface area contributed by atoms with Gasteiger partial charge in [0, 0.05) is 31.6 Å². The van der Waals surface area contributed by atoms with Crippen LogP contribution in [0.1, 0.15) is 24.8 Å². The van der Waals surface area contributed by atoms with Gasteiger partial charge in [-0.05, 0) is 25.0 Å². The zero-order chi connectivity index (χ0) is 17.1. The standard InChI is InChI=1S/C17H24N4O3/c18-16(19)11-2-1-3-13(8-11)24-14-9-15(20-10-14)17(23)21-6-4-12(22)5-7-21/h1-3,8,12,14-15,20,22H,4-7,9-10H2,(H3,18,19). The van der Waals surface area contributed by atoms with Gasteiger partial charge >= 0.3 is 0 Å². The quantitative estimate of drug-likeness (QED) is 0.460. The van der Waals surface area contributed by atoms with Crippen molar-refractivity contribution in [3.8, 4) is 5.75 Å². The number of carbonyl (C=O) groups excluding carboxylic acids is 1. The Kier molecular flexibility index (Phi) is 5.01. The second-order valence-corrected chi connectivity index (χ2v) is 6.43. The van der Waals surface area contributed by atoms with E-state index in [1.54, 1.807) is 18.2 Å². The molecule has 7 nitrogen and oxygen atoms in total. The molecule has 1 amide bonds. The molecule has 0 saturated carbocycles. The first-order valence-electron chi connectivity index (χ1n) is 8.34. The van der Waals surface area contributed by atoms with Crippen LogP contribution in [-0.4, -0.2) is 59.6 Å². The van der Waals surface area contributed by atoms with Gasteiger partial charge in [0.1, 0.15) is 17.7 Å². The van der Waals surface area contributed by atoms with Gasteiger partial charge in [-0.15, -0.1) is 0 Å². The first-order chi connectivity index (χ1) is 11.5. The minimum Gasteiger partial charge on any atom is -0.489 e. The van der Waals surface area contributed by atoms with Crippen molar-refractivity contribution in [2.45, 2.75) is 37.5 Å². The summed E-state index contributed by atoms with van der Waals surface area (Å²) in [7, 11) is 0. The molecule has 0 aliphatic carbocycles. The molecule has 7 heteroatoms. The van der Waals surface area contributed by atoms with Gasteiger partial charge in [-0.2, -0.15) is 0 Å². The Morgan fingerprint density at radius 1 is 1.38 bits per heavy atom. The number of ether oxygens (including phenoxy) is 1. The topological polar surface area (TPSA) is 112 Å². The van der Waals surface area contributed by atoms with E-state index in [-0.39, 0.29) is 30.0 Å². The number of aliphatic hydroxyl groups excluding tert-OH is 1. The number of hydrogen-bond donors (Lipinski definition) is 4. The van der Waals surface area contributed by atoms with Crippen LogP contribution in [0.15, 0.2) is 24.3 Å². The van der Waals surface area contributed by atoms with Crippen molar-refractivity contribution in [1.29, 1.82) is 5.41 Å². The lowest BCUT2D eigenvalue weighted by molar-refractivity contribution is -0.135. The molecule has 0 spiro atoms. The van der Waals surface area contributed by atoms with Crippen molar-refractivity contribution in [2.24, 2.45) is 5.73 Å². The van der Waals surface area contributed by atoms with Crippen molar-refractivity contribution < 1.29 is 14.6 Å². The first-order valence-corrected chi connectivity index (χ1v) is 8.34. The van der Waals surface area contributed by atoms with Gasteiger partial charge in [-0.1, -0.05) is 12.1 Å². The smallest absolute Gasteiger partial charge is 0.239 e. The number of benzene rings is 1. The molecular formula is C17H24N4O3. The predicted octanol–water partition coefficient (Wildman–Crippen LogP) is 0.0633. The molecule has 3 rings (SSSR count). The van der Waals surface area contributed by atoms with Crippen LogP contribution < -0.4 is 15.8 Å². The average Bonchev–Trinajstić information content (AvgIpc) is 3.03. The molecule has 24 heavy (non-hydrogen) atoms. The maximum atomic E-state index is 12.5. The lowest BCUT2D eigenvalue weighted by Crippen LogP contribution is -2.47. The van der Waals surface area contributed by atoms with Crippen LogP contribution in [0.2, 0.25) is 0 Å². The lowest BCUT2D eigenvalue weighted by Gasteiger charge is -2.31. The van der Waals surface area contributed by atoms with Gasteiger partial charge in [0.2, 0.25) is 5.91 Å². The molecule has 2 fully saturated rings. The summed E-state index contributed by atoms with van der Waals surface area (Å²) in [5.74, 6) is 0.750.